The van der Waals surface area contributed by atoms with Gasteiger partial charge in [-0.2, -0.15) is 0 Å². The van der Waals surface area contributed by atoms with Crippen molar-refractivity contribution in [1.29, 1.82) is 0 Å². The van der Waals surface area contributed by atoms with Crippen LogP contribution in [-0.2, 0) is 4.79 Å². The van der Waals surface area contributed by atoms with Crippen molar-refractivity contribution in [3.05, 3.63) is 71.8 Å². The van der Waals surface area contributed by atoms with Crippen molar-refractivity contribution in [2.75, 3.05) is 0 Å². The minimum absolute atomic E-state index is 0.222. The maximum absolute atomic E-state index is 8.57. The molecular formula is C15H13ClO. The zero-order chi connectivity index (χ0) is 12.3. The highest BCUT2D eigenvalue weighted by Crippen LogP contribution is 2.06. The Morgan fingerprint density at radius 3 is 1.29 bits per heavy atom. The summed E-state index contributed by atoms with van der Waals surface area (Å²) in [6, 6.07) is 20.6. The van der Waals surface area contributed by atoms with Crippen LogP contribution in [0.25, 0.3) is 12.2 Å². The topological polar surface area (TPSA) is 17.1 Å². The Labute approximate surface area is 106 Å². The van der Waals surface area contributed by atoms with Crippen molar-refractivity contribution in [3.63, 3.8) is 0 Å². The van der Waals surface area contributed by atoms with Crippen molar-refractivity contribution >= 4 is 29.5 Å². The van der Waals surface area contributed by atoms with Crippen molar-refractivity contribution in [2.45, 2.75) is 0 Å². The standard InChI is InChI=1S/C14H12.CHClO/c1-3-7-13(8-4-1)11-12-14-9-5-2-6-10-14;2-1-3/h1-12H;1H. The van der Waals surface area contributed by atoms with Gasteiger partial charge in [0.05, 0.1) is 0 Å². The average Bonchev–Trinajstić information content (AvgIpc) is 2.40. The Kier molecular flexibility index (Phi) is 6.46. The highest BCUT2D eigenvalue weighted by Gasteiger charge is 1.84. The smallest absolute Gasteiger partial charge is 0.208 e. The third kappa shape index (κ3) is 5.69. The van der Waals surface area contributed by atoms with Gasteiger partial charge >= 0.3 is 0 Å². The highest BCUT2D eigenvalue weighted by atomic mass is 35.5. The fourth-order valence-electron chi connectivity index (χ4n) is 1.32. The van der Waals surface area contributed by atoms with E-state index >= 15 is 0 Å². The molecule has 0 spiro atoms. The highest BCUT2D eigenvalue weighted by molar-refractivity contribution is 6.54. The van der Waals surface area contributed by atoms with Gasteiger partial charge in [-0.3, -0.25) is 4.79 Å². The number of benzene rings is 2. The largest absolute Gasteiger partial charge is 0.285 e. The summed E-state index contributed by atoms with van der Waals surface area (Å²) in [5.41, 5.74) is 2.47. The van der Waals surface area contributed by atoms with E-state index in [9.17, 15) is 0 Å². The number of carbonyl (C=O) groups excluding carboxylic acids is 1. The van der Waals surface area contributed by atoms with E-state index in [-0.39, 0.29) is 5.75 Å². The van der Waals surface area contributed by atoms with Gasteiger partial charge in [0.2, 0.25) is 5.75 Å². The molecule has 0 aliphatic heterocycles. The van der Waals surface area contributed by atoms with Crippen LogP contribution in [0.15, 0.2) is 60.7 Å². The first-order valence-electron chi connectivity index (χ1n) is 5.19. The number of carbonyl (C=O) groups is 1. The molecule has 0 bridgehead atoms. The van der Waals surface area contributed by atoms with Crippen molar-refractivity contribution < 1.29 is 4.79 Å². The molecule has 0 amide bonds. The SMILES string of the molecule is C(=Cc1ccccc1)c1ccccc1.O=CCl. The second kappa shape index (κ2) is 8.31. The first-order chi connectivity index (χ1) is 8.36. The second-order valence-corrected chi connectivity index (χ2v) is 3.42. The van der Waals surface area contributed by atoms with Crippen LogP contribution in [-0.4, -0.2) is 5.75 Å². The lowest BCUT2D eigenvalue weighted by Gasteiger charge is -1.92. The van der Waals surface area contributed by atoms with Crippen molar-refractivity contribution in [2.24, 2.45) is 0 Å². The summed E-state index contributed by atoms with van der Waals surface area (Å²) in [6.45, 7) is 0. The first kappa shape index (κ1) is 13.2. The summed E-state index contributed by atoms with van der Waals surface area (Å²) in [6.07, 6.45) is 4.24. The van der Waals surface area contributed by atoms with Crippen LogP contribution in [0.3, 0.4) is 0 Å². The summed E-state index contributed by atoms with van der Waals surface area (Å²) in [7, 11) is 0. The number of hydrogen-bond acceptors (Lipinski definition) is 1. The molecule has 0 unspecified atom stereocenters. The summed E-state index contributed by atoms with van der Waals surface area (Å²) in [5, 5.41) is 0. The van der Waals surface area contributed by atoms with E-state index in [2.05, 4.69) is 48.0 Å². The van der Waals surface area contributed by atoms with E-state index in [0.29, 0.717) is 0 Å². The number of hydrogen-bond donors (Lipinski definition) is 0. The van der Waals surface area contributed by atoms with E-state index < -0.39 is 0 Å². The van der Waals surface area contributed by atoms with Crippen LogP contribution in [0.1, 0.15) is 11.1 Å². The average molecular weight is 245 g/mol. The van der Waals surface area contributed by atoms with Crippen LogP contribution >= 0.6 is 11.6 Å². The van der Waals surface area contributed by atoms with Gasteiger partial charge in [-0.05, 0) is 22.7 Å². The van der Waals surface area contributed by atoms with Crippen LogP contribution in [0.2, 0.25) is 0 Å². The van der Waals surface area contributed by atoms with Crippen molar-refractivity contribution in [3.8, 4) is 0 Å². The summed E-state index contributed by atoms with van der Waals surface area (Å²) >= 11 is 4.32. The maximum atomic E-state index is 8.57. The molecule has 86 valence electrons. The second-order valence-electron chi connectivity index (χ2n) is 3.24. The molecule has 0 radical (unpaired) electrons. The van der Waals surface area contributed by atoms with E-state index in [1.165, 1.54) is 11.1 Å². The molecule has 2 aromatic carbocycles. The lowest BCUT2D eigenvalue weighted by Crippen LogP contribution is -1.70. The normalized spacial score (nSPS) is 9.47. The molecule has 0 heterocycles. The zero-order valence-electron chi connectivity index (χ0n) is 9.29. The molecule has 2 heteroatoms. The third-order valence-electron chi connectivity index (χ3n) is 2.07. The Bertz CT molecular complexity index is 407. The lowest BCUT2D eigenvalue weighted by atomic mass is 10.1. The van der Waals surface area contributed by atoms with Gasteiger partial charge in [0.15, 0.2) is 0 Å². The molecule has 0 saturated heterocycles. The lowest BCUT2D eigenvalue weighted by molar-refractivity contribution is 0.569. The van der Waals surface area contributed by atoms with Crippen LogP contribution in [0, 0.1) is 0 Å². The summed E-state index contributed by atoms with van der Waals surface area (Å²) < 4.78 is 0. The minimum Gasteiger partial charge on any atom is -0.285 e. The van der Waals surface area contributed by atoms with Crippen LogP contribution in [0.4, 0.5) is 0 Å². The fourth-order valence-corrected chi connectivity index (χ4v) is 1.32. The molecule has 0 aromatic heterocycles. The molecule has 0 aliphatic rings. The number of rotatable bonds is 2. The van der Waals surface area contributed by atoms with Gasteiger partial charge in [-0.25, -0.2) is 0 Å². The zero-order valence-corrected chi connectivity index (χ0v) is 10.0. The molecule has 0 saturated carbocycles. The molecule has 2 rings (SSSR count). The van der Waals surface area contributed by atoms with Gasteiger partial charge in [0.25, 0.3) is 0 Å². The molecule has 0 aliphatic carbocycles. The molecule has 2 aromatic rings. The predicted octanol–water partition coefficient (Wildman–Crippen LogP) is 4.27. The Morgan fingerprint density at radius 2 is 1.00 bits per heavy atom. The third-order valence-corrected chi connectivity index (χ3v) is 2.07. The predicted molar refractivity (Wildman–Crippen MR) is 74.4 cm³/mol. The molecular weight excluding hydrogens is 232 g/mol. The molecule has 0 N–H and O–H groups in total. The number of halogens is 1. The quantitative estimate of drug-likeness (QED) is 0.438. The molecule has 0 fully saturated rings. The van der Waals surface area contributed by atoms with Gasteiger partial charge < -0.3 is 0 Å². The van der Waals surface area contributed by atoms with E-state index in [0.717, 1.165) is 0 Å². The minimum atomic E-state index is 0.222. The molecule has 17 heavy (non-hydrogen) atoms. The first-order valence-corrected chi connectivity index (χ1v) is 5.62. The van der Waals surface area contributed by atoms with Gasteiger partial charge in [-0.1, -0.05) is 72.8 Å². The summed E-state index contributed by atoms with van der Waals surface area (Å²) in [4.78, 5) is 8.57. The van der Waals surface area contributed by atoms with Gasteiger partial charge in [0.1, 0.15) is 0 Å². The monoisotopic (exact) mass is 244 g/mol. The van der Waals surface area contributed by atoms with E-state index in [1.807, 2.05) is 36.4 Å². The molecule has 1 nitrogen and oxygen atoms in total. The summed E-state index contributed by atoms with van der Waals surface area (Å²) in [5.74, 6) is 0.222. The Morgan fingerprint density at radius 1 is 0.706 bits per heavy atom. The van der Waals surface area contributed by atoms with E-state index in [4.69, 9.17) is 4.79 Å². The van der Waals surface area contributed by atoms with Gasteiger partial charge in [-0.15, -0.1) is 0 Å². The van der Waals surface area contributed by atoms with Crippen LogP contribution in [0.5, 0.6) is 0 Å². The Hall–Kier alpha value is -1.86. The Balaban J connectivity index is 0.000000437. The fraction of sp³-hybridized carbons (Fsp3) is 0. The molecule has 0 atom stereocenters. The van der Waals surface area contributed by atoms with E-state index in [1.54, 1.807) is 0 Å². The van der Waals surface area contributed by atoms with Gasteiger partial charge in [0, 0.05) is 0 Å². The van der Waals surface area contributed by atoms with Crippen LogP contribution < -0.4 is 0 Å². The maximum Gasteiger partial charge on any atom is 0.208 e. The van der Waals surface area contributed by atoms with Crippen molar-refractivity contribution in [1.82, 2.24) is 0 Å².